The van der Waals surface area contributed by atoms with Crippen LogP contribution in [0.1, 0.15) is 38.5 Å². The molecule has 0 spiro atoms. The van der Waals surface area contributed by atoms with E-state index >= 15 is 0 Å². The van der Waals surface area contributed by atoms with Crippen LogP contribution in [0.3, 0.4) is 0 Å². The topological polar surface area (TPSA) is 124 Å². The first-order valence-electron chi connectivity index (χ1n) is 24.1. The molecule has 12 rings (SSSR count). The Labute approximate surface area is 425 Å². The smallest absolute Gasteiger partial charge is 0.503 e. The number of nitriles is 1. The molecular formula is C57H45B2N7O6S. The number of hydrogen-bond donors (Lipinski definition) is 0. The van der Waals surface area contributed by atoms with E-state index in [2.05, 4.69) is 38.6 Å². The summed E-state index contributed by atoms with van der Waals surface area (Å²) >= 11 is 1.41. The average Bonchev–Trinajstić information content (AvgIpc) is 4.27. The van der Waals surface area contributed by atoms with Crippen molar-refractivity contribution in [1.29, 1.82) is 5.26 Å². The van der Waals surface area contributed by atoms with E-state index in [0.29, 0.717) is 108 Å². The standard InChI is InChI=1S/C57H45B2N7O6S/c1-34(2)32-67-38-19-15-17-36(29-38)52-49-50(55(66(52)59-71-46-26-12-13-27-47(46)72-59)51(61-5)56-62-41-21-7-9-23-43(41)64(56)6)53(37-18-16-20-39(30-37)68-33-35(3)4)65(58-69-44-24-10-11-25-45(44)70-58)54(49)40(31-60)57-63-42-22-8-14-28-48(42)73-57/h7-30,34-35H,32-33H2,1-4,6H3/b54-40-,55-51+. The lowest BCUT2D eigenvalue weighted by Crippen LogP contribution is -2.44. The molecular weight excluding hydrogens is 932 g/mol. The van der Waals surface area contributed by atoms with Crippen molar-refractivity contribution in [3.05, 3.63) is 179 Å². The summed E-state index contributed by atoms with van der Waals surface area (Å²) in [4.78, 5) is 14.8. The third kappa shape index (κ3) is 7.88. The number of ether oxygens (including phenoxy) is 2. The van der Waals surface area contributed by atoms with Crippen LogP contribution >= 0.6 is 11.3 Å². The van der Waals surface area contributed by atoms with Crippen molar-refractivity contribution in [3.63, 3.8) is 0 Å². The lowest BCUT2D eigenvalue weighted by Gasteiger charge is -2.18. The van der Waals surface area contributed by atoms with Gasteiger partial charge in [-0.05, 0) is 84.6 Å². The molecule has 0 saturated carbocycles. The summed E-state index contributed by atoms with van der Waals surface area (Å²) in [5.41, 5.74) is 5.21. The monoisotopic (exact) mass is 977 g/mol. The van der Waals surface area contributed by atoms with Crippen molar-refractivity contribution in [3.8, 4) is 63.1 Å². The number of fused-ring (bicyclic) bond motifs is 5. The molecule has 0 atom stereocenters. The van der Waals surface area contributed by atoms with Crippen LogP contribution in [0.4, 0.5) is 0 Å². The zero-order valence-corrected chi connectivity index (χ0v) is 41.4. The van der Waals surface area contributed by atoms with Crippen LogP contribution in [0.5, 0.6) is 34.5 Å². The Morgan fingerprint density at radius 1 is 0.644 bits per heavy atom. The third-order valence-corrected chi connectivity index (χ3v) is 13.8. The number of aryl methyl sites for hydroxylation is 1. The van der Waals surface area contributed by atoms with Crippen LogP contribution in [-0.4, -0.2) is 51.2 Å². The van der Waals surface area contributed by atoms with E-state index in [4.69, 9.17) is 38.1 Å². The number of para-hydroxylation sites is 7. The molecule has 0 N–H and O–H groups in total. The molecule has 73 heavy (non-hydrogen) atoms. The van der Waals surface area contributed by atoms with Crippen molar-refractivity contribution in [2.45, 2.75) is 27.7 Å². The van der Waals surface area contributed by atoms with Crippen LogP contribution in [0.15, 0.2) is 146 Å². The molecule has 0 aliphatic carbocycles. The molecule has 0 unspecified atom stereocenters. The highest BCUT2D eigenvalue weighted by molar-refractivity contribution is 7.19. The Morgan fingerprint density at radius 3 is 1.64 bits per heavy atom. The molecule has 0 bridgehead atoms. The highest BCUT2D eigenvalue weighted by Crippen LogP contribution is 2.42. The Kier molecular flexibility index (Phi) is 11.4. The largest absolute Gasteiger partial charge is 0.743 e. The SMILES string of the molecule is [C-]#[N+]/C(c1nc2ccccc2n1C)=c1\c2c(-c3cccc(OCC(C)C)c3)n(B3Oc4ccccc4O3)/c(=C(/C#N)c3nc4ccccc4s3)c2c(-c2cccc(OCC(C)C)c2)n1B1Oc2ccccc2O1. The van der Waals surface area contributed by atoms with Crippen molar-refractivity contribution in [2.24, 2.45) is 18.9 Å². The molecule has 16 heteroatoms. The summed E-state index contributed by atoms with van der Waals surface area (Å²) in [5.74, 6) is 4.23. The Hall–Kier alpha value is -8.85. The van der Waals surface area contributed by atoms with Gasteiger partial charge in [-0.2, -0.15) is 5.26 Å². The van der Waals surface area contributed by atoms with Gasteiger partial charge in [0.05, 0.1) is 63.1 Å². The molecule has 2 aliphatic rings. The Morgan fingerprint density at radius 2 is 1.14 bits per heavy atom. The maximum absolute atomic E-state index is 11.9. The fraction of sp³-hybridized carbons (Fsp3) is 0.158. The number of imidazole rings is 1. The quantitative estimate of drug-likeness (QED) is 0.0869. The predicted octanol–water partition coefficient (Wildman–Crippen LogP) is 10.7. The zero-order chi connectivity index (χ0) is 49.9. The normalized spacial score (nSPS) is 13.6. The molecule has 2 aliphatic heterocycles. The van der Waals surface area contributed by atoms with E-state index in [1.54, 1.807) is 0 Å². The third-order valence-electron chi connectivity index (χ3n) is 12.8. The lowest BCUT2D eigenvalue weighted by atomic mass is 10.0. The molecule has 4 aromatic heterocycles. The van der Waals surface area contributed by atoms with Crippen molar-refractivity contribution in [2.75, 3.05) is 13.2 Å². The van der Waals surface area contributed by atoms with E-state index in [1.165, 1.54) is 11.3 Å². The minimum Gasteiger partial charge on any atom is -0.503 e. The second-order valence-electron chi connectivity index (χ2n) is 18.7. The van der Waals surface area contributed by atoms with Crippen molar-refractivity contribution in [1.82, 2.24) is 23.5 Å². The van der Waals surface area contributed by atoms with Gasteiger partial charge in [-0.25, -0.2) is 14.8 Å². The maximum Gasteiger partial charge on any atom is 0.743 e. The lowest BCUT2D eigenvalue weighted by molar-refractivity contribution is 0.271. The first-order valence-corrected chi connectivity index (χ1v) is 24.9. The van der Waals surface area contributed by atoms with Crippen LogP contribution < -0.4 is 38.8 Å². The van der Waals surface area contributed by atoms with Gasteiger partial charge in [0, 0.05) is 28.9 Å². The minimum absolute atomic E-state index is 0.192. The maximum atomic E-state index is 11.9. The summed E-state index contributed by atoms with van der Waals surface area (Å²) in [5, 5.41) is 14.4. The number of thiazole rings is 1. The molecule has 13 nitrogen and oxygen atoms in total. The number of nitrogens with zero attached hydrogens (tertiary/aromatic N) is 7. The highest BCUT2D eigenvalue weighted by Gasteiger charge is 2.45. The summed E-state index contributed by atoms with van der Waals surface area (Å²) in [7, 11) is -0.431. The van der Waals surface area contributed by atoms with E-state index in [-0.39, 0.29) is 23.1 Å². The van der Waals surface area contributed by atoms with Gasteiger partial charge in [0.15, 0.2) is 0 Å². The summed E-state index contributed by atoms with van der Waals surface area (Å²) in [6.07, 6.45) is 0. The second kappa shape index (κ2) is 18.4. The Bertz CT molecular complexity index is 3910. The fourth-order valence-electron chi connectivity index (χ4n) is 9.59. The summed E-state index contributed by atoms with van der Waals surface area (Å²) in [6.45, 7) is 18.7. The minimum atomic E-state index is -1.17. The number of rotatable bonds is 12. The summed E-state index contributed by atoms with van der Waals surface area (Å²) in [6, 6.07) is 49.0. The van der Waals surface area contributed by atoms with Gasteiger partial charge >= 0.3 is 14.5 Å². The van der Waals surface area contributed by atoms with E-state index in [1.807, 2.05) is 166 Å². The van der Waals surface area contributed by atoms with Gasteiger partial charge in [0.2, 0.25) is 0 Å². The van der Waals surface area contributed by atoms with Gasteiger partial charge in [-0.15, -0.1) is 11.3 Å². The van der Waals surface area contributed by atoms with Gasteiger partial charge in [0.25, 0.3) is 5.70 Å². The van der Waals surface area contributed by atoms with E-state index < -0.39 is 14.5 Å². The number of benzene rings is 6. The molecule has 0 fully saturated rings. The molecule has 356 valence electrons. The Balaban J connectivity index is 1.35. The average molecular weight is 978 g/mol. The molecule has 0 radical (unpaired) electrons. The molecule has 0 saturated heterocycles. The van der Waals surface area contributed by atoms with Gasteiger partial charge in [-0.3, -0.25) is 0 Å². The number of hydrogen-bond acceptors (Lipinski definition) is 10. The fourth-order valence-corrected chi connectivity index (χ4v) is 10.6. The molecule has 0 amide bonds. The van der Waals surface area contributed by atoms with Gasteiger partial charge in [-0.1, -0.05) is 100 Å². The van der Waals surface area contributed by atoms with Crippen LogP contribution in [0.2, 0.25) is 0 Å². The molecule has 10 aromatic rings. The van der Waals surface area contributed by atoms with E-state index in [9.17, 15) is 11.8 Å². The zero-order valence-electron chi connectivity index (χ0n) is 40.6. The van der Waals surface area contributed by atoms with Crippen molar-refractivity contribution < 1.29 is 28.1 Å². The van der Waals surface area contributed by atoms with Crippen LogP contribution in [-0.2, 0) is 7.05 Å². The molecule has 6 aromatic carbocycles. The van der Waals surface area contributed by atoms with Gasteiger partial charge < -0.3 is 41.6 Å². The summed E-state index contributed by atoms with van der Waals surface area (Å²) < 4.78 is 47.1. The first kappa shape index (κ1) is 45.3. The van der Waals surface area contributed by atoms with Crippen molar-refractivity contribution >= 4 is 69.1 Å². The number of aromatic nitrogens is 5. The van der Waals surface area contributed by atoms with Gasteiger partial charge in [0.1, 0.15) is 57.0 Å². The molecule has 6 heterocycles. The predicted molar refractivity (Wildman–Crippen MR) is 286 cm³/mol. The highest BCUT2D eigenvalue weighted by atomic mass is 32.1. The van der Waals surface area contributed by atoms with E-state index in [0.717, 1.165) is 15.7 Å². The second-order valence-corrected chi connectivity index (χ2v) is 19.8. The van der Waals surface area contributed by atoms with Crippen LogP contribution in [0.25, 0.3) is 70.7 Å². The van der Waals surface area contributed by atoms with Crippen LogP contribution in [0, 0.1) is 29.7 Å². The first-order chi connectivity index (χ1) is 35.7.